The van der Waals surface area contributed by atoms with Crippen LogP contribution in [0.15, 0.2) is 42.5 Å². The highest BCUT2D eigenvalue weighted by Gasteiger charge is 2.44. The summed E-state index contributed by atoms with van der Waals surface area (Å²) in [5, 5.41) is 0. The van der Waals surface area contributed by atoms with Gasteiger partial charge in [0.15, 0.2) is 6.10 Å². The van der Waals surface area contributed by atoms with Crippen molar-refractivity contribution in [3.05, 3.63) is 48.0 Å². The zero-order chi connectivity index (χ0) is 17.0. The summed E-state index contributed by atoms with van der Waals surface area (Å²) in [4.78, 5) is 35.6. The van der Waals surface area contributed by atoms with Gasteiger partial charge in [0.05, 0.1) is 6.42 Å². The number of carbonyl (C=O) groups excluding carboxylic acids is 3. The minimum atomic E-state index is -1.06. The van der Waals surface area contributed by atoms with E-state index < -0.39 is 23.6 Å². The Hall–Kier alpha value is -2.43. The molecule has 0 N–H and O–H groups in total. The van der Waals surface area contributed by atoms with Crippen LogP contribution in [0.4, 0.5) is 0 Å². The van der Waals surface area contributed by atoms with E-state index in [9.17, 15) is 14.4 Å². The van der Waals surface area contributed by atoms with E-state index >= 15 is 0 Å². The minimum Gasteiger partial charge on any atom is -0.451 e. The minimum absolute atomic E-state index is 0.0493. The van der Waals surface area contributed by atoms with Gasteiger partial charge in [-0.1, -0.05) is 36.9 Å². The first-order valence-corrected chi connectivity index (χ1v) is 7.50. The second-order valence-corrected chi connectivity index (χ2v) is 5.82. The second kappa shape index (κ2) is 6.77. The van der Waals surface area contributed by atoms with Gasteiger partial charge < -0.3 is 9.47 Å². The van der Waals surface area contributed by atoms with Gasteiger partial charge >= 0.3 is 11.9 Å². The molecule has 5 nitrogen and oxygen atoms in total. The van der Waals surface area contributed by atoms with Crippen LogP contribution in [0.1, 0.15) is 38.7 Å². The van der Waals surface area contributed by atoms with Crippen molar-refractivity contribution in [1.29, 1.82) is 0 Å². The molecule has 0 amide bonds. The maximum Gasteiger partial charge on any atom is 0.348 e. The molecule has 1 saturated carbocycles. The van der Waals surface area contributed by atoms with Crippen LogP contribution in [0.25, 0.3) is 0 Å². The normalized spacial score (nSPS) is 21.6. The fourth-order valence-corrected chi connectivity index (χ4v) is 2.56. The Bertz CT molecular complexity index is 634. The molecule has 1 aliphatic carbocycles. The Morgan fingerprint density at radius 1 is 1.26 bits per heavy atom. The van der Waals surface area contributed by atoms with Crippen molar-refractivity contribution >= 4 is 17.7 Å². The summed E-state index contributed by atoms with van der Waals surface area (Å²) in [6.07, 6.45) is -0.120. The van der Waals surface area contributed by atoms with Gasteiger partial charge in [-0.05, 0) is 25.8 Å². The monoisotopic (exact) mass is 316 g/mol. The lowest BCUT2D eigenvalue weighted by Gasteiger charge is -2.30. The van der Waals surface area contributed by atoms with Crippen LogP contribution >= 0.6 is 0 Å². The number of ketones is 1. The van der Waals surface area contributed by atoms with Crippen LogP contribution < -0.4 is 0 Å². The van der Waals surface area contributed by atoms with Crippen LogP contribution in [0.2, 0.25) is 0 Å². The molecular formula is C18H20O5. The van der Waals surface area contributed by atoms with E-state index in [0.29, 0.717) is 12.8 Å². The standard InChI is InChI=1S/C18H20O5/c1-12(2)16(20)22-13(3)17(21)23-18(10-9-15(19)11-18)14-7-5-4-6-8-14/h4-8,13H,1,9-11H2,2-3H3. The number of benzene rings is 1. The maximum absolute atomic E-state index is 12.3. The summed E-state index contributed by atoms with van der Waals surface area (Å²) in [5.74, 6) is -1.27. The van der Waals surface area contributed by atoms with E-state index in [1.807, 2.05) is 30.3 Å². The molecule has 5 heteroatoms. The third-order valence-corrected chi connectivity index (χ3v) is 3.85. The van der Waals surface area contributed by atoms with E-state index in [0.717, 1.165) is 5.56 Å². The first-order valence-electron chi connectivity index (χ1n) is 7.50. The Balaban J connectivity index is 2.16. The molecule has 2 rings (SSSR count). The van der Waals surface area contributed by atoms with Gasteiger partial charge in [-0.25, -0.2) is 9.59 Å². The molecule has 0 heterocycles. The zero-order valence-electron chi connectivity index (χ0n) is 13.3. The molecule has 0 aliphatic heterocycles. The number of carbonyl (C=O) groups is 3. The quantitative estimate of drug-likeness (QED) is 0.617. The smallest absolute Gasteiger partial charge is 0.348 e. The van der Waals surface area contributed by atoms with Gasteiger partial charge in [-0.2, -0.15) is 0 Å². The number of hydrogen-bond donors (Lipinski definition) is 0. The van der Waals surface area contributed by atoms with Crippen LogP contribution in [-0.2, 0) is 29.5 Å². The molecule has 23 heavy (non-hydrogen) atoms. The highest BCUT2D eigenvalue weighted by Crippen LogP contribution is 2.40. The summed E-state index contributed by atoms with van der Waals surface area (Å²) in [5.41, 5.74) is 0.00960. The molecule has 1 aliphatic rings. The van der Waals surface area contributed by atoms with Crippen LogP contribution in [-0.4, -0.2) is 23.8 Å². The van der Waals surface area contributed by atoms with E-state index in [1.165, 1.54) is 13.8 Å². The fraction of sp³-hybridized carbons (Fsp3) is 0.389. The topological polar surface area (TPSA) is 69.7 Å². The van der Waals surface area contributed by atoms with Crippen molar-refractivity contribution in [3.63, 3.8) is 0 Å². The number of Topliss-reactive ketones (excluding diaryl/α,β-unsaturated/α-hetero) is 1. The van der Waals surface area contributed by atoms with Gasteiger partial charge in [-0.3, -0.25) is 4.79 Å². The molecule has 0 spiro atoms. The third kappa shape index (κ3) is 3.86. The molecule has 1 fully saturated rings. The Morgan fingerprint density at radius 2 is 1.91 bits per heavy atom. The largest absolute Gasteiger partial charge is 0.451 e. The average molecular weight is 316 g/mol. The van der Waals surface area contributed by atoms with Crippen molar-refractivity contribution in [3.8, 4) is 0 Å². The Kier molecular flexibility index (Phi) is 4.98. The van der Waals surface area contributed by atoms with Gasteiger partial charge in [0, 0.05) is 12.0 Å². The van der Waals surface area contributed by atoms with Crippen LogP contribution in [0.5, 0.6) is 0 Å². The molecule has 1 aromatic carbocycles. The first-order chi connectivity index (χ1) is 10.8. The van der Waals surface area contributed by atoms with Gasteiger partial charge in [0.2, 0.25) is 0 Å². The molecule has 1 aromatic rings. The molecular weight excluding hydrogens is 296 g/mol. The zero-order valence-corrected chi connectivity index (χ0v) is 13.3. The number of rotatable bonds is 5. The van der Waals surface area contributed by atoms with Crippen molar-refractivity contribution in [2.75, 3.05) is 0 Å². The maximum atomic E-state index is 12.3. The first kappa shape index (κ1) is 16.9. The van der Waals surface area contributed by atoms with Gasteiger partial charge in [0.25, 0.3) is 0 Å². The molecule has 0 saturated heterocycles. The molecule has 2 unspecified atom stereocenters. The van der Waals surface area contributed by atoms with Crippen molar-refractivity contribution in [2.24, 2.45) is 0 Å². The summed E-state index contributed by atoms with van der Waals surface area (Å²) in [6, 6.07) is 9.18. The van der Waals surface area contributed by atoms with Crippen molar-refractivity contribution in [2.45, 2.75) is 44.8 Å². The van der Waals surface area contributed by atoms with E-state index in [2.05, 4.69) is 6.58 Å². The van der Waals surface area contributed by atoms with Gasteiger partial charge in [-0.15, -0.1) is 0 Å². The number of ether oxygens (including phenoxy) is 2. The molecule has 0 bridgehead atoms. The number of esters is 2. The Morgan fingerprint density at radius 3 is 2.43 bits per heavy atom. The lowest BCUT2D eigenvalue weighted by Crippen LogP contribution is -2.36. The lowest BCUT2D eigenvalue weighted by atomic mass is 9.92. The van der Waals surface area contributed by atoms with E-state index in [4.69, 9.17) is 9.47 Å². The SMILES string of the molecule is C=C(C)C(=O)OC(C)C(=O)OC1(c2ccccc2)CCC(=O)C1. The lowest BCUT2D eigenvalue weighted by molar-refractivity contribution is -0.177. The molecule has 2 atom stereocenters. The highest BCUT2D eigenvalue weighted by atomic mass is 16.6. The van der Waals surface area contributed by atoms with Crippen LogP contribution in [0, 0.1) is 0 Å². The summed E-state index contributed by atoms with van der Waals surface area (Å²) >= 11 is 0. The fourth-order valence-electron chi connectivity index (χ4n) is 2.56. The molecule has 0 radical (unpaired) electrons. The predicted molar refractivity (Wildman–Crippen MR) is 83.4 cm³/mol. The predicted octanol–water partition coefficient (Wildman–Crippen LogP) is 2.69. The third-order valence-electron chi connectivity index (χ3n) is 3.85. The van der Waals surface area contributed by atoms with Gasteiger partial charge in [0.1, 0.15) is 11.4 Å². The van der Waals surface area contributed by atoms with Crippen LogP contribution in [0.3, 0.4) is 0 Å². The molecule has 0 aromatic heterocycles. The summed E-state index contributed by atoms with van der Waals surface area (Å²) in [7, 11) is 0. The van der Waals surface area contributed by atoms with Crippen molar-refractivity contribution < 1.29 is 23.9 Å². The highest BCUT2D eigenvalue weighted by molar-refractivity contribution is 5.89. The second-order valence-electron chi connectivity index (χ2n) is 5.82. The average Bonchev–Trinajstić information content (AvgIpc) is 2.90. The van der Waals surface area contributed by atoms with Crippen molar-refractivity contribution in [1.82, 2.24) is 0 Å². The molecule has 122 valence electrons. The summed E-state index contributed by atoms with van der Waals surface area (Å²) < 4.78 is 10.6. The Labute approximate surface area is 135 Å². The summed E-state index contributed by atoms with van der Waals surface area (Å²) in [6.45, 7) is 6.42. The number of hydrogen-bond acceptors (Lipinski definition) is 5. The van der Waals surface area contributed by atoms with E-state index in [-0.39, 0.29) is 17.8 Å². The van der Waals surface area contributed by atoms with E-state index in [1.54, 1.807) is 0 Å².